The maximum absolute atomic E-state index is 13.4. The van der Waals surface area contributed by atoms with Gasteiger partial charge in [0.1, 0.15) is 5.41 Å². The van der Waals surface area contributed by atoms with Gasteiger partial charge in [0.25, 0.3) is 0 Å². The molecule has 3 nitrogen and oxygen atoms in total. The third-order valence-electron chi connectivity index (χ3n) is 4.34. The third kappa shape index (κ3) is 3.16. The zero-order valence-electron chi connectivity index (χ0n) is 14.3. The van der Waals surface area contributed by atoms with Gasteiger partial charge in [-0.05, 0) is 23.6 Å². The van der Waals surface area contributed by atoms with Crippen LogP contribution in [0.1, 0.15) is 23.1 Å². The molecule has 3 aromatic rings. The van der Waals surface area contributed by atoms with Gasteiger partial charge in [0.05, 0.1) is 0 Å². The second-order valence-corrected chi connectivity index (χ2v) is 5.86. The first-order valence-electron chi connectivity index (χ1n) is 8.40. The largest absolute Gasteiger partial charge is 0.392 e. The lowest BCUT2D eigenvalue weighted by atomic mass is 9.69. The van der Waals surface area contributed by atoms with Gasteiger partial charge in [0, 0.05) is 6.42 Å². The average molecular weight is 343 g/mol. The minimum atomic E-state index is -1.24. The van der Waals surface area contributed by atoms with Crippen LogP contribution in [0.4, 0.5) is 0 Å². The minimum absolute atomic E-state index is 0.111. The molecular weight excluding hydrogens is 324 g/mol. The Balaban J connectivity index is 2.32. The molecule has 0 heterocycles. The molecule has 0 bridgehead atoms. The van der Waals surface area contributed by atoms with Crippen LogP contribution in [-0.2, 0) is 19.7 Å². The molecule has 26 heavy (non-hydrogen) atoms. The first kappa shape index (κ1) is 17.6. The van der Waals surface area contributed by atoms with E-state index >= 15 is 0 Å². The summed E-state index contributed by atoms with van der Waals surface area (Å²) in [5.41, 5.74) is 0.965. The Hall–Kier alpha value is -3.20. The normalized spacial score (nSPS) is 11.0. The fraction of sp³-hybridized carbons (Fsp3) is 0.0870. The van der Waals surface area contributed by atoms with Crippen molar-refractivity contribution in [2.75, 3.05) is 0 Å². The third-order valence-corrected chi connectivity index (χ3v) is 4.34. The van der Waals surface area contributed by atoms with E-state index in [1.807, 2.05) is 91.0 Å². The van der Waals surface area contributed by atoms with E-state index in [0.717, 1.165) is 16.7 Å². The van der Waals surface area contributed by atoms with Crippen LogP contribution >= 0.6 is 0 Å². The zero-order chi connectivity index (χ0) is 18.4. The van der Waals surface area contributed by atoms with E-state index in [0.29, 0.717) is 0 Å². The molecule has 0 aliphatic heterocycles. The van der Waals surface area contributed by atoms with Gasteiger partial charge in [-0.3, -0.25) is 4.79 Å². The molecule has 0 aliphatic carbocycles. The number of hydrogen-bond acceptors (Lipinski definition) is 3. The lowest BCUT2D eigenvalue weighted by Crippen LogP contribution is -2.41. The smallest absolute Gasteiger partial charge is 0.333 e. The van der Waals surface area contributed by atoms with Crippen LogP contribution in [0.3, 0.4) is 0 Å². The van der Waals surface area contributed by atoms with Crippen LogP contribution in [-0.4, -0.2) is 11.9 Å². The summed E-state index contributed by atoms with van der Waals surface area (Å²) in [5, 5.41) is 0. The van der Waals surface area contributed by atoms with E-state index in [-0.39, 0.29) is 6.42 Å². The average Bonchev–Trinajstić information content (AvgIpc) is 2.71. The van der Waals surface area contributed by atoms with Gasteiger partial charge >= 0.3 is 11.9 Å². The van der Waals surface area contributed by atoms with Crippen molar-refractivity contribution in [2.45, 2.75) is 11.8 Å². The Bertz CT molecular complexity index is 774. The number of rotatable bonds is 5. The number of ether oxygens (including phenoxy) is 1. The summed E-state index contributed by atoms with van der Waals surface area (Å²) in [6.07, 6.45) is -0.111. The Kier molecular flexibility index (Phi) is 5.28. The summed E-state index contributed by atoms with van der Waals surface area (Å²) in [6, 6.07) is 28.1. The summed E-state index contributed by atoms with van der Waals surface area (Å²) >= 11 is 0. The molecule has 0 aromatic heterocycles. The maximum atomic E-state index is 13.4. The van der Waals surface area contributed by atoms with E-state index < -0.39 is 17.4 Å². The van der Waals surface area contributed by atoms with Crippen LogP contribution in [0.25, 0.3) is 0 Å². The van der Waals surface area contributed by atoms with E-state index in [9.17, 15) is 9.59 Å². The fourth-order valence-electron chi connectivity index (χ4n) is 3.15. The molecule has 3 heteroatoms. The van der Waals surface area contributed by atoms with Crippen LogP contribution in [0.2, 0.25) is 0 Å². The van der Waals surface area contributed by atoms with Crippen LogP contribution < -0.4 is 0 Å². The van der Waals surface area contributed by atoms with Gasteiger partial charge in [-0.2, -0.15) is 0 Å². The molecule has 0 spiro atoms. The molecule has 1 radical (unpaired) electrons. The van der Waals surface area contributed by atoms with Gasteiger partial charge in [-0.25, -0.2) is 4.79 Å². The number of esters is 2. The number of hydrogen-bond donors (Lipinski definition) is 0. The van der Waals surface area contributed by atoms with E-state index in [1.54, 1.807) is 0 Å². The van der Waals surface area contributed by atoms with Crippen molar-refractivity contribution >= 4 is 11.9 Å². The summed E-state index contributed by atoms with van der Waals surface area (Å²) in [6.45, 7) is 3.51. The minimum Gasteiger partial charge on any atom is -0.392 e. The van der Waals surface area contributed by atoms with Crippen LogP contribution in [0.5, 0.6) is 0 Å². The summed E-state index contributed by atoms with van der Waals surface area (Å²) in [7, 11) is 0. The summed E-state index contributed by atoms with van der Waals surface area (Å²) in [5.74, 6) is -1.28. The first-order chi connectivity index (χ1) is 12.7. The Morgan fingerprint density at radius 3 is 1.35 bits per heavy atom. The highest BCUT2D eigenvalue weighted by molar-refractivity contribution is 5.98. The monoisotopic (exact) mass is 343 g/mol. The highest BCUT2D eigenvalue weighted by Crippen LogP contribution is 2.40. The van der Waals surface area contributed by atoms with Crippen molar-refractivity contribution in [2.24, 2.45) is 0 Å². The molecular formula is C23H19O3. The van der Waals surface area contributed by atoms with Crippen molar-refractivity contribution in [3.8, 4) is 0 Å². The van der Waals surface area contributed by atoms with Gasteiger partial charge in [-0.15, -0.1) is 0 Å². The fourth-order valence-corrected chi connectivity index (χ4v) is 3.15. The van der Waals surface area contributed by atoms with Crippen molar-refractivity contribution in [1.82, 2.24) is 0 Å². The standard InChI is InChI=1S/C23H19O3/c1-2-21(24)26-22(25)23(18-12-6-3-7-13-18,19-14-8-4-9-15-19)20-16-10-5-11-17-20/h3-17H,1-2H2. The topological polar surface area (TPSA) is 43.4 Å². The van der Waals surface area contributed by atoms with E-state index in [2.05, 4.69) is 6.92 Å². The van der Waals surface area contributed by atoms with Crippen molar-refractivity contribution in [3.63, 3.8) is 0 Å². The van der Waals surface area contributed by atoms with E-state index in [4.69, 9.17) is 4.74 Å². The molecule has 3 aromatic carbocycles. The Labute approximate surface area is 153 Å². The second-order valence-electron chi connectivity index (χ2n) is 5.86. The molecule has 0 N–H and O–H groups in total. The van der Waals surface area contributed by atoms with Crippen LogP contribution in [0.15, 0.2) is 91.0 Å². The number of carbonyl (C=O) groups excluding carboxylic acids is 2. The Morgan fingerprint density at radius 2 is 1.04 bits per heavy atom. The molecule has 129 valence electrons. The lowest BCUT2D eigenvalue weighted by Gasteiger charge is -2.33. The number of benzene rings is 3. The molecule has 0 amide bonds. The zero-order valence-corrected chi connectivity index (χ0v) is 14.3. The molecule has 0 saturated carbocycles. The van der Waals surface area contributed by atoms with E-state index in [1.165, 1.54) is 0 Å². The predicted octanol–water partition coefficient (Wildman–Crippen LogP) is 4.31. The van der Waals surface area contributed by atoms with Crippen LogP contribution in [0, 0.1) is 6.92 Å². The second kappa shape index (κ2) is 7.79. The molecule has 0 unspecified atom stereocenters. The highest BCUT2D eigenvalue weighted by atomic mass is 16.6. The van der Waals surface area contributed by atoms with Gasteiger partial charge < -0.3 is 4.74 Å². The summed E-state index contributed by atoms with van der Waals surface area (Å²) < 4.78 is 5.19. The lowest BCUT2D eigenvalue weighted by molar-refractivity contribution is -0.161. The molecule has 0 saturated heterocycles. The molecule has 0 atom stereocenters. The summed E-state index contributed by atoms with van der Waals surface area (Å²) in [4.78, 5) is 25.2. The predicted molar refractivity (Wildman–Crippen MR) is 100 cm³/mol. The van der Waals surface area contributed by atoms with Gasteiger partial charge in [0.15, 0.2) is 0 Å². The van der Waals surface area contributed by atoms with Crippen molar-refractivity contribution in [3.05, 3.63) is 115 Å². The first-order valence-corrected chi connectivity index (χ1v) is 8.40. The van der Waals surface area contributed by atoms with Crippen molar-refractivity contribution < 1.29 is 14.3 Å². The molecule has 0 aliphatic rings. The number of carbonyl (C=O) groups is 2. The maximum Gasteiger partial charge on any atom is 0.333 e. The van der Waals surface area contributed by atoms with Gasteiger partial charge in [-0.1, -0.05) is 91.0 Å². The quantitative estimate of drug-likeness (QED) is 0.394. The molecule has 0 fully saturated rings. The highest BCUT2D eigenvalue weighted by Gasteiger charge is 2.46. The van der Waals surface area contributed by atoms with Gasteiger partial charge in [0.2, 0.25) is 0 Å². The SMILES string of the molecule is [CH2]CC(=O)OC(=O)C(c1ccccc1)(c1ccccc1)c1ccccc1. The van der Waals surface area contributed by atoms with Crippen molar-refractivity contribution in [1.29, 1.82) is 0 Å². The Morgan fingerprint density at radius 1 is 0.692 bits per heavy atom. The molecule has 3 rings (SSSR count).